The largest absolute Gasteiger partial charge is 0.316 e. The molecule has 0 bridgehead atoms. The zero-order chi connectivity index (χ0) is 43.6. The molecule has 0 aliphatic carbocycles. The molecule has 0 aliphatic rings. The minimum Gasteiger partial charge on any atom is -0.316 e. The lowest BCUT2D eigenvalue weighted by Gasteiger charge is -2.25. The summed E-state index contributed by atoms with van der Waals surface area (Å²) >= 11 is 3.57. The van der Waals surface area contributed by atoms with Crippen LogP contribution in [0, 0.1) is 17.9 Å². The second-order valence-electron chi connectivity index (χ2n) is 16.6. The Kier molecular flexibility index (Phi) is 7.76. The van der Waals surface area contributed by atoms with Crippen molar-refractivity contribution in [2.24, 2.45) is 0 Å². The van der Waals surface area contributed by atoms with Crippen molar-refractivity contribution in [1.82, 2.24) is 19.1 Å². The number of fused-ring (bicyclic) bond motifs is 15. The second kappa shape index (κ2) is 13.9. The molecule has 304 valence electrons. The number of nitriles is 1. The van der Waals surface area contributed by atoms with Gasteiger partial charge in [0.1, 0.15) is 11.6 Å². The summed E-state index contributed by atoms with van der Waals surface area (Å²) in [6.07, 6.45) is 0. The van der Waals surface area contributed by atoms with E-state index in [1.807, 2.05) is 84.9 Å². The van der Waals surface area contributed by atoms with E-state index in [0.717, 1.165) is 86.1 Å². The van der Waals surface area contributed by atoms with E-state index in [1.54, 1.807) is 22.7 Å². The summed E-state index contributed by atoms with van der Waals surface area (Å²) in [5.74, 6) is 0. The van der Waals surface area contributed by atoms with E-state index in [0.29, 0.717) is 33.8 Å². The molecular weight excluding hydrogens is 845 g/mol. The fourth-order valence-electron chi connectivity index (χ4n) is 10.4. The van der Waals surface area contributed by atoms with Gasteiger partial charge in [-0.15, -0.1) is 22.7 Å². The lowest BCUT2D eigenvalue weighted by molar-refractivity contribution is 1.12. The molecule has 8 heteroatoms. The highest BCUT2D eigenvalue weighted by Crippen LogP contribution is 2.54. The van der Waals surface area contributed by atoms with Gasteiger partial charge in [0, 0.05) is 58.2 Å². The Balaban J connectivity index is 1.31. The van der Waals surface area contributed by atoms with E-state index in [1.165, 1.54) is 20.2 Å². The molecule has 0 unspecified atom stereocenters. The number of rotatable bonds is 4. The zero-order valence-corrected chi connectivity index (χ0v) is 36.5. The van der Waals surface area contributed by atoms with Crippen LogP contribution >= 0.6 is 22.7 Å². The van der Waals surface area contributed by atoms with Gasteiger partial charge in [0.25, 0.3) is 0 Å². The molecule has 66 heavy (non-hydrogen) atoms. The second-order valence-corrected chi connectivity index (χ2v) is 18.7. The van der Waals surface area contributed by atoms with Crippen molar-refractivity contribution in [2.45, 2.75) is 0 Å². The molecule has 0 saturated carbocycles. The molecule has 14 rings (SSSR count). The van der Waals surface area contributed by atoms with Crippen molar-refractivity contribution >= 4 is 124 Å². The molecule has 0 saturated heterocycles. The van der Waals surface area contributed by atoms with Crippen LogP contribution in [0.3, 0.4) is 0 Å². The highest BCUT2D eigenvalue weighted by Gasteiger charge is 2.33. The summed E-state index contributed by atoms with van der Waals surface area (Å²) in [7, 11) is 0. The molecule has 0 radical (unpaired) electrons. The quantitative estimate of drug-likeness (QED) is 0.166. The van der Waals surface area contributed by atoms with Gasteiger partial charge in [-0.3, -0.25) is 4.57 Å². The highest BCUT2D eigenvalue weighted by atomic mass is 32.1. The monoisotopic (exact) mass is 874 g/mol. The van der Waals surface area contributed by atoms with Gasteiger partial charge in [-0.1, -0.05) is 152 Å². The zero-order valence-electron chi connectivity index (χ0n) is 34.8. The van der Waals surface area contributed by atoms with Crippen molar-refractivity contribution in [3.8, 4) is 39.7 Å². The maximum Gasteiger partial charge on any atom is 0.220 e. The van der Waals surface area contributed by atoms with Gasteiger partial charge in [-0.05, 0) is 41.5 Å². The highest BCUT2D eigenvalue weighted by molar-refractivity contribution is 7.27. The molecule has 0 aliphatic heterocycles. The minimum absolute atomic E-state index is 0.382. The first-order valence-electron chi connectivity index (χ1n) is 21.7. The van der Waals surface area contributed by atoms with Gasteiger partial charge in [0.2, 0.25) is 5.69 Å². The van der Waals surface area contributed by atoms with Crippen molar-refractivity contribution in [3.63, 3.8) is 0 Å². The maximum atomic E-state index is 11.9. The molecule has 6 nitrogen and oxygen atoms in total. The van der Waals surface area contributed by atoms with Crippen molar-refractivity contribution in [2.75, 3.05) is 0 Å². The van der Waals surface area contributed by atoms with Crippen LogP contribution in [0.5, 0.6) is 0 Å². The van der Waals surface area contributed by atoms with Crippen molar-refractivity contribution in [1.29, 1.82) is 5.26 Å². The first-order chi connectivity index (χ1) is 32.7. The topological polar surface area (TPSA) is 63.8 Å². The van der Waals surface area contributed by atoms with Crippen LogP contribution in [-0.4, -0.2) is 19.1 Å². The third-order valence-electron chi connectivity index (χ3n) is 13.2. The van der Waals surface area contributed by atoms with Crippen LogP contribution in [0.2, 0.25) is 0 Å². The van der Waals surface area contributed by atoms with E-state index in [2.05, 4.69) is 117 Å². The van der Waals surface area contributed by atoms with Crippen molar-refractivity contribution in [3.05, 3.63) is 199 Å². The maximum absolute atomic E-state index is 11.9. The fraction of sp³-hybridized carbons (Fsp3) is 0. The third-order valence-corrected chi connectivity index (χ3v) is 15.5. The van der Waals surface area contributed by atoms with E-state index in [4.69, 9.17) is 9.97 Å². The van der Waals surface area contributed by atoms with Crippen LogP contribution in [0.1, 0.15) is 5.56 Å². The molecule has 5 heterocycles. The average Bonchev–Trinajstić information content (AvgIpc) is 4.13. The predicted octanol–water partition coefficient (Wildman–Crippen LogP) is 16.3. The summed E-state index contributed by atoms with van der Waals surface area (Å²) < 4.78 is 9.21. The van der Waals surface area contributed by atoms with Crippen LogP contribution in [-0.2, 0) is 0 Å². The van der Waals surface area contributed by atoms with E-state index < -0.39 is 0 Å². The van der Waals surface area contributed by atoms with Crippen LogP contribution in [0.15, 0.2) is 182 Å². The van der Waals surface area contributed by atoms with Gasteiger partial charge in [-0.2, -0.15) is 5.26 Å². The van der Waals surface area contributed by atoms with E-state index >= 15 is 0 Å². The first-order valence-corrected chi connectivity index (χ1v) is 23.3. The predicted molar refractivity (Wildman–Crippen MR) is 276 cm³/mol. The number of para-hydroxylation sites is 3. The smallest absolute Gasteiger partial charge is 0.220 e. The molecule has 0 fully saturated rings. The molecule has 14 aromatic rings. The van der Waals surface area contributed by atoms with Gasteiger partial charge in [0.05, 0.1) is 60.5 Å². The Morgan fingerprint density at radius 2 is 0.970 bits per heavy atom. The summed E-state index contributed by atoms with van der Waals surface area (Å²) in [5, 5.41) is 19.7. The Morgan fingerprint density at radius 1 is 0.470 bits per heavy atom. The summed E-state index contributed by atoms with van der Waals surface area (Å²) in [5.41, 5.74) is 10.9. The standard InChI is InChI=1S/C58H30N6S2/c1-60-51-48(33-16-4-2-5-17-33)42(32-59)52(63-45-25-13-8-22-41(45)50-58(63)62-44-24-12-11-23-43(44)61-50)49(34-18-6-3-7-19-34)55(51)64-53-37(28-30-39-35-20-9-14-26-46(35)65-56(39)53)38-29-31-40-36-21-10-15-27-47(36)66-57(40)54(38)64/h2-31H. The molecule has 0 N–H and O–H groups in total. The van der Waals surface area contributed by atoms with Gasteiger partial charge >= 0.3 is 0 Å². The Labute approximate surface area is 384 Å². The number of thiophene rings is 2. The van der Waals surface area contributed by atoms with Crippen molar-refractivity contribution < 1.29 is 0 Å². The van der Waals surface area contributed by atoms with Crippen LogP contribution in [0.25, 0.3) is 134 Å². The third kappa shape index (κ3) is 4.97. The van der Waals surface area contributed by atoms with Crippen LogP contribution < -0.4 is 0 Å². The van der Waals surface area contributed by atoms with Crippen LogP contribution in [0.4, 0.5) is 5.69 Å². The summed E-state index contributed by atoms with van der Waals surface area (Å²) in [4.78, 5) is 15.3. The molecule has 5 aromatic heterocycles. The number of benzene rings is 9. The number of nitrogens with zero attached hydrogens (tertiary/aromatic N) is 6. The number of hydrogen-bond donors (Lipinski definition) is 0. The van der Waals surface area contributed by atoms with Gasteiger partial charge in [-0.25, -0.2) is 14.8 Å². The summed E-state index contributed by atoms with van der Waals surface area (Å²) in [6, 6.07) is 65.5. The molecule has 0 amide bonds. The Morgan fingerprint density at radius 3 is 1.56 bits per heavy atom. The molecule has 0 spiro atoms. The summed E-state index contributed by atoms with van der Waals surface area (Å²) in [6.45, 7) is 9.40. The lowest BCUT2D eigenvalue weighted by atomic mass is 9.88. The molecule has 0 atom stereocenters. The van der Waals surface area contributed by atoms with E-state index in [-0.39, 0.29) is 0 Å². The SMILES string of the molecule is [C-]#[N+]c1c(-c2ccccc2)c(C#N)c(-n2c3ccccc3c3nc4ccccc4nc32)c(-c2ccccc2)c1-n1c2c(ccc3c4ccccc4sc32)c2ccc3c4ccccc4sc3c21. The van der Waals surface area contributed by atoms with Gasteiger partial charge in [0.15, 0.2) is 5.65 Å². The van der Waals surface area contributed by atoms with Gasteiger partial charge < -0.3 is 4.57 Å². The fourth-order valence-corrected chi connectivity index (χ4v) is 12.9. The lowest BCUT2D eigenvalue weighted by Crippen LogP contribution is -2.09. The number of aromatic nitrogens is 4. The Hall–Kier alpha value is -8.66. The molecular formula is C58H30N6S2. The minimum atomic E-state index is 0.382. The number of hydrogen-bond acceptors (Lipinski definition) is 5. The Bertz CT molecular complexity index is 4360. The van der Waals surface area contributed by atoms with E-state index in [9.17, 15) is 11.8 Å². The molecule has 9 aromatic carbocycles. The average molecular weight is 875 g/mol. The normalized spacial score (nSPS) is 11.9. The first kappa shape index (κ1) is 36.8.